The van der Waals surface area contributed by atoms with Crippen LogP contribution in [0.3, 0.4) is 0 Å². The minimum Gasteiger partial charge on any atom is -0.490 e. The minimum absolute atomic E-state index is 0.244. The lowest BCUT2D eigenvalue weighted by molar-refractivity contribution is -0.127. The third kappa shape index (κ3) is 3.31. The van der Waals surface area contributed by atoms with Gasteiger partial charge in [0.2, 0.25) is 5.91 Å². The summed E-state index contributed by atoms with van der Waals surface area (Å²) in [5.41, 5.74) is 1.35. The van der Waals surface area contributed by atoms with Crippen molar-refractivity contribution in [2.75, 3.05) is 13.1 Å². The number of hydrogen-bond acceptors (Lipinski definition) is 4. The second kappa shape index (κ2) is 6.10. The van der Waals surface area contributed by atoms with Gasteiger partial charge in [-0.15, -0.1) is 0 Å². The summed E-state index contributed by atoms with van der Waals surface area (Å²) in [6.45, 7) is 1.98. The van der Waals surface area contributed by atoms with Crippen LogP contribution in [0.1, 0.15) is 24.8 Å². The largest absolute Gasteiger partial charge is 0.490 e. The van der Waals surface area contributed by atoms with E-state index < -0.39 is 0 Å². The molecule has 2 amide bonds. The number of nitrogens with one attached hydrogen (secondary N) is 2. The monoisotopic (exact) mass is 286 g/mol. The second-order valence-corrected chi connectivity index (χ2v) is 5.29. The summed E-state index contributed by atoms with van der Waals surface area (Å²) in [5, 5.41) is 5.63. The van der Waals surface area contributed by atoms with Gasteiger partial charge in [0.15, 0.2) is 0 Å². The molecule has 0 spiro atoms. The van der Waals surface area contributed by atoms with E-state index in [2.05, 4.69) is 10.6 Å². The molecule has 21 heavy (non-hydrogen) atoms. The van der Waals surface area contributed by atoms with Gasteiger partial charge in [0.1, 0.15) is 11.9 Å². The number of carbonyl (C=O) groups is 2. The predicted octanol–water partition coefficient (Wildman–Crippen LogP) is 1.25. The molecule has 0 atom stereocenters. The molecule has 0 radical (unpaired) electrons. The van der Waals surface area contributed by atoms with Crippen LogP contribution in [0.15, 0.2) is 30.3 Å². The summed E-state index contributed by atoms with van der Waals surface area (Å²) in [6.07, 6.45) is 4.19. The van der Waals surface area contributed by atoms with Crippen LogP contribution in [0.2, 0.25) is 0 Å². The fourth-order valence-corrected chi connectivity index (χ4v) is 2.60. The Morgan fingerprint density at radius 3 is 2.43 bits per heavy atom. The summed E-state index contributed by atoms with van der Waals surface area (Å²) in [5.74, 6) is 0.228. The van der Waals surface area contributed by atoms with Crippen molar-refractivity contribution in [1.82, 2.24) is 10.6 Å². The van der Waals surface area contributed by atoms with Gasteiger partial charge < -0.3 is 10.1 Å². The molecule has 110 valence electrons. The zero-order valence-corrected chi connectivity index (χ0v) is 11.7. The molecule has 0 saturated carbocycles. The van der Waals surface area contributed by atoms with Crippen molar-refractivity contribution < 1.29 is 14.3 Å². The molecule has 2 aliphatic heterocycles. The van der Waals surface area contributed by atoms with Gasteiger partial charge in [-0.05, 0) is 43.6 Å². The number of amides is 2. The Hall–Kier alpha value is -2.14. The van der Waals surface area contributed by atoms with Gasteiger partial charge in [0.25, 0.3) is 5.91 Å². The number of piperidine rings is 1. The Balaban J connectivity index is 1.69. The summed E-state index contributed by atoms with van der Waals surface area (Å²) in [6, 6.07) is 7.47. The van der Waals surface area contributed by atoms with Gasteiger partial charge in [0.05, 0.1) is 0 Å². The average Bonchev–Trinajstić information content (AvgIpc) is 2.49. The number of carbonyl (C=O) groups excluding carboxylic acids is 2. The summed E-state index contributed by atoms with van der Waals surface area (Å²) < 4.78 is 5.93. The van der Waals surface area contributed by atoms with Crippen LogP contribution in [0.5, 0.6) is 5.75 Å². The zero-order chi connectivity index (χ0) is 14.7. The molecule has 1 aromatic rings. The second-order valence-electron chi connectivity index (χ2n) is 5.29. The topological polar surface area (TPSA) is 67.4 Å². The van der Waals surface area contributed by atoms with E-state index in [9.17, 15) is 9.59 Å². The standard InChI is InChI=1S/C16H18N2O3/c19-15-6-5-14(16(20)18-15)11-1-3-12(4-2-11)21-13-7-9-17-10-8-13/h1-5,13,17H,6-10H2,(H,18,19,20). The van der Waals surface area contributed by atoms with Crippen LogP contribution in [0.4, 0.5) is 0 Å². The van der Waals surface area contributed by atoms with E-state index in [-0.39, 0.29) is 24.3 Å². The molecule has 2 heterocycles. The molecule has 1 fully saturated rings. The van der Waals surface area contributed by atoms with E-state index in [1.54, 1.807) is 6.08 Å². The third-order valence-electron chi connectivity index (χ3n) is 3.74. The number of benzene rings is 1. The van der Waals surface area contributed by atoms with E-state index >= 15 is 0 Å². The molecular formula is C16H18N2O3. The smallest absolute Gasteiger partial charge is 0.258 e. The summed E-state index contributed by atoms with van der Waals surface area (Å²) in [7, 11) is 0. The first-order valence-corrected chi connectivity index (χ1v) is 7.24. The van der Waals surface area contributed by atoms with Gasteiger partial charge in [-0.25, -0.2) is 0 Å². The zero-order valence-electron chi connectivity index (χ0n) is 11.7. The molecule has 0 aliphatic carbocycles. The van der Waals surface area contributed by atoms with Crippen molar-refractivity contribution in [3.8, 4) is 5.75 Å². The van der Waals surface area contributed by atoms with Crippen molar-refractivity contribution >= 4 is 17.4 Å². The molecule has 5 nitrogen and oxygen atoms in total. The highest BCUT2D eigenvalue weighted by atomic mass is 16.5. The molecule has 0 bridgehead atoms. The predicted molar refractivity (Wildman–Crippen MR) is 78.7 cm³/mol. The van der Waals surface area contributed by atoms with Crippen LogP contribution in [-0.2, 0) is 9.59 Å². The number of rotatable bonds is 3. The van der Waals surface area contributed by atoms with E-state index in [0.717, 1.165) is 37.2 Å². The van der Waals surface area contributed by atoms with E-state index in [1.165, 1.54) is 0 Å². The third-order valence-corrected chi connectivity index (χ3v) is 3.74. The molecule has 1 aromatic carbocycles. The Bertz CT molecular complexity index is 572. The Labute approximate surface area is 123 Å². The minimum atomic E-state index is -0.335. The fourth-order valence-electron chi connectivity index (χ4n) is 2.60. The van der Waals surface area contributed by atoms with E-state index in [4.69, 9.17) is 4.74 Å². The van der Waals surface area contributed by atoms with E-state index in [1.807, 2.05) is 24.3 Å². The highest BCUT2D eigenvalue weighted by molar-refractivity contribution is 6.26. The highest BCUT2D eigenvalue weighted by Crippen LogP contribution is 2.23. The van der Waals surface area contributed by atoms with Crippen molar-refractivity contribution in [2.45, 2.75) is 25.4 Å². The molecule has 2 N–H and O–H groups in total. The van der Waals surface area contributed by atoms with Crippen LogP contribution in [0.25, 0.3) is 5.57 Å². The van der Waals surface area contributed by atoms with Gasteiger partial charge in [-0.2, -0.15) is 0 Å². The SMILES string of the molecule is O=C1CC=C(c2ccc(OC3CCNCC3)cc2)C(=O)N1. The normalized spacial score (nSPS) is 19.9. The van der Waals surface area contributed by atoms with Crippen LogP contribution >= 0.6 is 0 Å². The molecule has 0 aromatic heterocycles. The van der Waals surface area contributed by atoms with Gasteiger partial charge >= 0.3 is 0 Å². The van der Waals surface area contributed by atoms with Gasteiger partial charge in [0, 0.05) is 12.0 Å². The van der Waals surface area contributed by atoms with Crippen molar-refractivity contribution in [3.05, 3.63) is 35.9 Å². The van der Waals surface area contributed by atoms with Gasteiger partial charge in [-0.1, -0.05) is 18.2 Å². The molecular weight excluding hydrogens is 268 g/mol. The lowest BCUT2D eigenvalue weighted by Gasteiger charge is -2.24. The maximum Gasteiger partial charge on any atom is 0.258 e. The van der Waals surface area contributed by atoms with Gasteiger partial charge in [-0.3, -0.25) is 14.9 Å². The maximum atomic E-state index is 11.8. The highest BCUT2D eigenvalue weighted by Gasteiger charge is 2.20. The number of ether oxygens (including phenoxy) is 1. The molecule has 1 saturated heterocycles. The first kappa shape index (κ1) is 13.8. The van der Waals surface area contributed by atoms with Crippen molar-refractivity contribution in [2.24, 2.45) is 0 Å². The first-order valence-electron chi connectivity index (χ1n) is 7.24. The van der Waals surface area contributed by atoms with Crippen LogP contribution < -0.4 is 15.4 Å². The number of hydrogen-bond donors (Lipinski definition) is 2. The van der Waals surface area contributed by atoms with Crippen LogP contribution in [0, 0.1) is 0 Å². The molecule has 2 aliphatic rings. The Kier molecular flexibility index (Phi) is 4.01. The number of imide groups is 1. The lowest BCUT2D eigenvalue weighted by Crippen LogP contribution is -2.34. The lowest BCUT2D eigenvalue weighted by atomic mass is 10.0. The summed E-state index contributed by atoms with van der Waals surface area (Å²) in [4.78, 5) is 22.9. The molecule has 0 unspecified atom stereocenters. The molecule has 3 rings (SSSR count). The fraction of sp³-hybridized carbons (Fsp3) is 0.375. The van der Waals surface area contributed by atoms with E-state index in [0.29, 0.717) is 5.57 Å². The summed E-state index contributed by atoms with van der Waals surface area (Å²) >= 11 is 0. The van der Waals surface area contributed by atoms with Crippen molar-refractivity contribution in [3.63, 3.8) is 0 Å². The first-order chi connectivity index (χ1) is 10.2. The maximum absolute atomic E-state index is 11.8. The van der Waals surface area contributed by atoms with Crippen LogP contribution in [-0.4, -0.2) is 31.0 Å². The quantitative estimate of drug-likeness (QED) is 0.821. The Morgan fingerprint density at radius 2 is 1.76 bits per heavy atom. The Morgan fingerprint density at radius 1 is 1.05 bits per heavy atom. The molecule has 5 heteroatoms. The average molecular weight is 286 g/mol. The van der Waals surface area contributed by atoms with Crippen molar-refractivity contribution in [1.29, 1.82) is 0 Å².